The van der Waals surface area contributed by atoms with Gasteiger partial charge in [0.2, 0.25) is 5.91 Å². The second-order valence-electron chi connectivity index (χ2n) is 22.1. The monoisotopic (exact) mass is 1130 g/mol. The summed E-state index contributed by atoms with van der Waals surface area (Å²) in [6.07, 6.45) is 66.9. The first kappa shape index (κ1) is 75.3. The van der Waals surface area contributed by atoms with Gasteiger partial charge in [-0.3, -0.25) is 9.59 Å². The average molecular weight is 1130 g/mol. The minimum atomic E-state index is -1.63. The van der Waals surface area contributed by atoms with E-state index in [2.05, 4.69) is 123 Å². The molecule has 0 spiro atoms. The third-order valence-corrected chi connectivity index (χ3v) is 14.7. The number of ether oxygens (including phenoxy) is 3. The van der Waals surface area contributed by atoms with Crippen LogP contribution in [0.25, 0.3) is 0 Å². The lowest BCUT2D eigenvalue weighted by atomic mass is 9.99. The van der Waals surface area contributed by atoms with Crippen molar-refractivity contribution in [1.29, 1.82) is 0 Å². The number of nitrogens with one attached hydrogen (secondary N) is 1. The van der Waals surface area contributed by atoms with Gasteiger partial charge in [0.15, 0.2) is 12.4 Å². The van der Waals surface area contributed by atoms with E-state index < -0.39 is 67.4 Å². The molecular weight excluding hydrogens is 1010 g/mol. The molecule has 81 heavy (non-hydrogen) atoms. The van der Waals surface area contributed by atoms with Crippen LogP contribution in [0.3, 0.4) is 0 Å². The fraction of sp³-hybridized carbons (Fsp3) is 0.714. The highest BCUT2D eigenvalue weighted by Gasteiger charge is 2.47. The third-order valence-electron chi connectivity index (χ3n) is 14.7. The van der Waals surface area contributed by atoms with Crippen LogP contribution >= 0.6 is 0 Å². The Morgan fingerprint density at radius 3 is 1.36 bits per heavy atom. The molecule has 8 unspecified atom stereocenters. The van der Waals surface area contributed by atoms with Gasteiger partial charge >= 0.3 is 5.97 Å². The molecule has 0 aromatic rings. The van der Waals surface area contributed by atoms with E-state index >= 15 is 0 Å². The maximum absolute atomic E-state index is 13.4. The lowest BCUT2D eigenvalue weighted by Crippen LogP contribution is -2.61. The number of allylic oxidation sites excluding steroid dienone is 17. The number of amides is 1. The molecule has 1 aliphatic heterocycles. The highest BCUT2D eigenvalue weighted by atomic mass is 16.7. The Labute approximate surface area is 494 Å². The van der Waals surface area contributed by atoms with E-state index in [0.29, 0.717) is 12.8 Å². The first-order valence-corrected chi connectivity index (χ1v) is 32.7. The Hall–Kier alpha value is -3.68. The second-order valence-corrected chi connectivity index (χ2v) is 22.1. The van der Waals surface area contributed by atoms with Crippen LogP contribution in [0.4, 0.5) is 0 Å². The molecule has 0 bridgehead atoms. The van der Waals surface area contributed by atoms with Gasteiger partial charge in [0.25, 0.3) is 0 Å². The molecule has 0 aromatic carbocycles. The summed E-state index contributed by atoms with van der Waals surface area (Å²) in [7, 11) is 0. The van der Waals surface area contributed by atoms with Crippen LogP contribution in [0.15, 0.2) is 109 Å². The number of unbranched alkanes of at least 4 members (excludes halogenated alkanes) is 24. The number of hydrogen-bond acceptors (Lipinski definition) is 10. The minimum Gasteiger partial charge on any atom is -0.454 e. The van der Waals surface area contributed by atoms with Gasteiger partial charge < -0.3 is 45.1 Å². The first-order valence-electron chi connectivity index (χ1n) is 32.7. The number of esters is 1. The van der Waals surface area contributed by atoms with Gasteiger partial charge in [-0.15, -0.1) is 0 Å². The highest BCUT2D eigenvalue weighted by molar-refractivity contribution is 5.80. The van der Waals surface area contributed by atoms with Crippen LogP contribution in [-0.2, 0) is 23.8 Å². The molecule has 0 saturated carbocycles. The number of aliphatic hydroxyl groups is 5. The van der Waals surface area contributed by atoms with Crippen molar-refractivity contribution < 1.29 is 49.3 Å². The molecule has 0 aliphatic carbocycles. The molecule has 1 saturated heterocycles. The molecule has 11 heteroatoms. The fourth-order valence-corrected chi connectivity index (χ4v) is 9.51. The zero-order valence-electron chi connectivity index (χ0n) is 51.4. The minimum absolute atomic E-state index is 0.107. The zero-order valence-corrected chi connectivity index (χ0v) is 51.4. The summed E-state index contributed by atoms with van der Waals surface area (Å²) in [6.45, 7) is 5.62. The molecule has 11 nitrogen and oxygen atoms in total. The van der Waals surface area contributed by atoms with Crippen LogP contribution in [-0.4, -0.2) is 99.6 Å². The molecule has 8 atom stereocenters. The van der Waals surface area contributed by atoms with E-state index in [1.165, 1.54) is 83.5 Å². The Morgan fingerprint density at radius 1 is 0.494 bits per heavy atom. The Morgan fingerprint density at radius 2 is 0.889 bits per heavy atom. The van der Waals surface area contributed by atoms with Gasteiger partial charge in [0.1, 0.15) is 24.4 Å². The summed E-state index contributed by atoms with van der Waals surface area (Å²) in [4.78, 5) is 26.6. The van der Waals surface area contributed by atoms with E-state index in [9.17, 15) is 35.1 Å². The van der Waals surface area contributed by atoms with Crippen LogP contribution in [0, 0.1) is 0 Å². The highest BCUT2D eigenvalue weighted by Crippen LogP contribution is 2.26. The van der Waals surface area contributed by atoms with Crippen molar-refractivity contribution in [3.8, 4) is 0 Å². The molecule has 1 heterocycles. The maximum Gasteiger partial charge on any atom is 0.306 e. The van der Waals surface area contributed by atoms with Gasteiger partial charge in [-0.2, -0.15) is 0 Å². The van der Waals surface area contributed by atoms with Crippen molar-refractivity contribution >= 4 is 11.9 Å². The predicted octanol–water partition coefficient (Wildman–Crippen LogP) is 16.1. The van der Waals surface area contributed by atoms with E-state index in [1.807, 2.05) is 6.08 Å². The van der Waals surface area contributed by atoms with Gasteiger partial charge in [0, 0.05) is 6.42 Å². The molecule has 0 radical (unpaired) electrons. The Bertz CT molecular complexity index is 1730. The lowest BCUT2D eigenvalue weighted by molar-refractivity contribution is -0.305. The van der Waals surface area contributed by atoms with Gasteiger partial charge in [-0.05, 0) is 109 Å². The summed E-state index contributed by atoms with van der Waals surface area (Å²) in [5, 5.41) is 57.0. The molecule has 1 amide bonds. The van der Waals surface area contributed by atoms with Gasteiger partial charge in [0.05, 0.1) is 25.4 Å². The molecule has 1 rings (SSSR count). The number of hydrogen-bond donors (Lipinski definition) is 6. The summed E-state index contributed by atoms with van der Waals surface area (Å²) < 4.78 is 17.6. The molecule has 0 aromatic heterocycles. The number of carbonyl (C=O) groups excluding carboxylic acids is 2. The van der Waals surface area contributed by atoms with Crippen molar-refractivity contribution in [2.24, 2.45) is 0 Å². The zero-order chi connectivity index (χ0) is 58.9. The van der Waals surface area contributed by atoms with Gasteiger partial charge in [-0.25, -0.2) is 0 Å². The second kappa shape index (κ2) is 56.8. The largest absolute Gasteiger partial charge is 0.454 e. The smallest absolute Gasteiger partial charge is 0.306 e. The van der Waals surface area contributed by atoms with Crippen LogP contribution in [0.2, 0.25) is 0 Å². The van der Waals surface area contributed by atoms with Crippen LogP contribution in [0.5, 0.6) is 0 Å². The van der Waals surface area contributed by atoms with Crippen molar-refractivity contribution in [3.63, 3.8) is 0 Å². The standard InChI is InChI=1S/C70H119NO10/c1-4-7-10-13-16-19-22-24-26-28-29-30-31-32-33-34-35-36-38-40-43-46-49-52-55-58-65(75)81-68-67(77)66(76)64(59-72)80-70(68)79-60-61(62(73)56-53-50-47-44-41-21-18-15-12-9-6-3)71-69(78)63(74)57-54-51-48-45-42-39-37-27-25-23-20-17-14-11-8-5-2/h7,10,16-17,19-20,24-27,29-30,32-33,39,42,53,56,61-64,66-68,70,72-74,76-77H,4-6,8-9,11-15,18,21-23,28,31,34-38,40-41,43-52,54-55,57-60H2,1-3H3,(H,71,78)/b10-7-,19-16-,20-17-,26-24-,27-25-,30-29-,33-32-,42-39-,56-53+. The van der Waals surface area contributed by atoms with E-state index in [1.54, 1.807) is 6.08 Å². The van der Waals surface area contributed by atoms with E-state index in [0.717, 1.165) is 128 Å². The molecule has 1 fully saturated rings. The van der Waals surface area contributed by atoms with Crippen LogP contribution in [0.1, 0.15) is 258 Å². The maximum atomic E-state index is 13.4. The summed E-state index contributed by atoms with van der Waals surface area (Å²) in [6, 6.07) is -1.04. The molecular formula is C70H119NO10. The Balaban J connectivity index is 2.62. The molecule has 1 aliphatic rings. The van der Waals surface area contributed by atoms with Crippen molar-refractivity contribution in [3.05, 3.63) is 109 Å². The quantitative estimate of drug-likeness (QED) is 0.0195. The van der Waals surface area contributed by atoms with Crippen molar-refractivity contribution in [2.45, 2.75) is 307 Å². The topological polar surface area (TPSA) is 175 Å². The normalized spacial score (nSPS) is 19.4. The summed E-state index contributed by atoms with van der Waals surface area (Å²) >= 11 is 0. The van der Waals surface area contributed by atoms with Gasteiger partial charge in [-0.1, -0.05) is 252 Å². The lowest BCUT2D eigenvalue weighted by Gasteiger charge is -2.41. The van der Waals surface area contributed by atoms with Crippen LogP contribution < -0.4 is 5.32 Å². The van der Waals surface area contributed by atoms with Crippen molar-refractivity contribution in [2.75, 3.05) is 13.2 Å². The molecule has 464 valence electrons. The van der Waals surface area contributed by atoms with E-state index in [-0.39, 0.29) is 19.4 Å². The average Bonchev–Trinajstić information content (AvgIpc) is 3.52. The number of aliphatic hydroxyl groups excluding tert-OH is 5. The summed E-state index contributed by atoms with van der Waals surface area (Å²) in [5.41, 5.74) is 0. The summed E-state index contributed by atoms with van der Waals surface area (Å²) in [5.74, 6) is -1.23. The Kier molecular flexibility index (Phi) is 52.8. The molecule has 6 N–H and O–H groups in total. The first-order chi connectivity index (χ1) is 39.7. The van der Waals surface area contributed by atoms with E-state index in [4.69, 9.17) is 14.2 Å². The fourth-order valence-electron chi connectivity index (χ4n) is 9.51. The number of carbonyl (C=O) groups is 2. The number of rotatable bonds is 54. The predicted molar refractivity (Wildman–Crippen MR) is 338 cm³/mol. The SMILES string of the molecule is CC/C=C\C/C=C\C/C=C\C/C=C\C/C=C\CCCCCCCCCCCC(=O)OC1C(OCC(NC(=O)C(O)CCCCC/C=C\C/C=C\C/C=C\CCCCC)C(O)/C=C/CCCCCCCCCCC)OC(CO)C(O)C1O. The third kappa shape index (κ3) is 44.5. The van der Waals surface area contributed by atoms with Crippen molar-refractivity contribution in [1.82, 2.24) is 5.32 Å².